The fraction of sp³-hybridized carbons (Fsp3) is 0.400. The third-order valence-electron chi connectivity index (χ3n) is 3.65. The van der Waals surface area contributed by atoms with Gasteiger partial charge in [0.25, 0.3) is 0 Å². The second-order valence-corrected chi connectivity index (χ2v) is 5.96. The van der Waals surface area contributed by atoms with Gasteiger partial charge in [0, 0.05) is 29.4 Å². The highest BCUT2D eigenvalue weighted by Gasteiger charge is 2.21. The van der Waals surface area contributed by atoms with E-state index in [4.69, 9.17) is 5.11 Å². The van der Waals surface area contributed by atoms with Gasteiger partial charge in [-0.05, 0) is 37.0 Å². The third kappa shape index (κ3) is 3.01. The van der Waals surface area contributed by atoms with Crippen LogP contribution >= 0.6 is 11.8 Å². The molecule has 0 saturated heterocycles. The quantitative estimate of drug-likeness (QED) is 0.668. The molecule has 0 fully saturated rings. The fourth-order valence-electron chi connectivity index (χ4n) is 2.67. The molecule has 1 N–H and O–H groups in total. The maximum absolute atomic E-state index is 12.1. The third-order valence-corrected chi connectivity index (χ3v) is 4.74. The molecule has 2 aromatic rings. The van der Waals surface area contributed by atoms with Gasteiger partial charge in [0.2, 0.25) is 0 Å². The zero-order chi connectivity index (χ0) is 14.7. The molecule has 0 radical (unpaired) electrons. The molecule has 0 amide bonds. The molecule has 0 saturated carbocycles. The summed E-state index contributed by atoms with van der Waals surface area (Å²) in [5, 5.41) is 9.94. The summed E-state index contributed by atoms with van der Waals surface area (Å²) in [5.41, 5.74) is 3.16. The van der Waals surface area contributed by atoms with Crippen LogP contribution in [-0.2, 0) is 25.1 Å². The van der Waals surface area contributed by atoms with Crippen LogP contribution < -0.4 is 5.69 Å². The van der Waals surface area contributed by atoms with E-state index < -0.39 is 0 Å². The number of hydrogen-bond acceptors (Lipinski definition) is 5. The molecule has 2 aromatic heterocycles. The highest BCUT2D eigenvalue weighted by Crippen LogP contribution is 2.30. The van der Waals surface area contributed by atoms with Gasteiger partial charge in [0.15, 0.2) is 0 Å². The molecule has 3 rings (SSSR count). The normalized spacial score (nSPS) is 13.4. The summed E-state index contributed by atoms with van der Waals surface area (Å²) >= 11 is 1.61. The van der Waals surface area contributed by atoms with Gasteiger partial charge >= 0.3 is 5.69 Å². The van der Waals surface area contributed by atoms with Crippen LogP contribution in [0.3, 0.4) is 0 Å². The van der Waals surface area contributed by atoms with Crippen LogP contribution in [-0.4, -0.2) is 26.2 Å². The average Bonchev–Trinajstić information content (AvgIpc) is 2.99. The number of aliphatic hydroxyl groups is 1. The van der Waals surface area contributed by atoms with Crippen molar-refractivity contribution in [3.05, 3.63) is 51.8 Å². The van der Waals surface area contributed by atoms with Crippen molar-refractivity contribution in [3.8, 4) is 0 Å². The van der Waals surface area contributed by atoms with Gasteiger partial charge in [0.05, 0.1) is 13.2 Å². The van der Waals surface area contributed by atoms with Gasteiger partial charge in [-0.15, -0.1) is 11.8 Å². The maximum Gasteiger partial charge on any atom is 0.348 e. The van der Waals surface area contributed by atoms with Gasteiger partial charge < -0.3 is 5.11 Å². The predicted molar refractivity (Wildman–Crippen MR) is 81.4 cm³/mol. The van der Waals surface area contributed by atoms with Gasteiger partial charge in [-0.1, -0.05) is 0 Å². The molecule has 21 heavy (non-hydrogen) atoms. The lowest BCUT2D eigenvalue weighted by Gasteiger charge is -2.13. The zero-order valence-corrected chi connectivity index (χ0v) is 12.5. The summed E-state index contributed by atoms with van der Waals surface area (Å²) < 4.78 is 1.62. The van der Waals surface area contributed by atoms with Crippen LogP contribution in [0.1, 0.15) is 23.2 Å². The maximum atomic E-state index is 12.1. The van der Waals surface area contributed by atoms with Crippen LogP contribution in [0.2, 0.25) is 0 Å². The number of hydrogen-bond donors (Lipinski definition) is 1. The molecule has 0 bridgehead atoms. The van der Waals surface area contributed by atoms with Crippen molar-refractivity contribution in [2.75, 3.05) is 6.61 Å². The molecule has 0 aliphatic heterocycles. The van der Waals surface area contributed by atoms with E-state index >= 15 is 0 Å². The van der Waals surface area contributed by atoms with E-state index in [2.05, 4.69) is 9.97 Å². The van der Waals surface area contributed by atoms with Gasteiger partial charge in [-0.25, -0.2) is 4.79 Å². The molecular weight excluding hydrogens is 286 g/mol. The molecular formula is C15H17N3O2S. The van der Waals surface area contributed by atoms with Crippen molar-refractivity contribution in [2.45, 2.75) is 36.6 Å². The first-order valence-electron chi connectivity index (χ1n) is 7.04. The number of aromatic nitrogens is 3. The van der Waals surface area contributed by atoms with Gasteiger partial charge in [0.1, 0.15) is 5.03 Å². The lowest BCUT2D eigenvalue weighted by Crippen LogP contribution is -2.28. The molecule has 110 valence electrons. The Balaban J connectivity index is 1.88. The zero-order valence-electron chi connectivity index (χ0n) is 11.7. The second-order valence-electron chi connectivity index (χ2n) is 5.00. The lowest BCUT2D eigenvalue weighted by molar-refractivity contribution is 0.271. The summed E-state index contributed by atoms with van der Waals surface area (Å²) in [7, 11) is 0. The SMILES string of the molecule is O=c1nc(SCc2ccncc2)c2c(n1CCO)CCC2. The average molecular weight is 303 g/mol. The van der Waals surface area contributed by atoms with E-state index in [-0.39, 0.29) is 12.3 Å². The van der Waals surface area contributed by atoms with Crippen molar-refractivity contribution < 1.29 is 5.11 Å². The van der Waals surface area contributed by atoms with Gasteiger partial charge in [-0.3, -0.25) is 9.55 Å². The molecule has 2 heterocycles. The molecule has 0 unspecified atom stereocenters. The Kier molecular flexibility index (Phi) is 4.36. The predicted octanol–water partition coefficient (Wildman–Crippen LogP) is 1.41. The number of thioether (sulfide) groups is 1. The minimum Gasteiger partial charge on any atom is -0.395 e. The van der Waals surface area contributed by atoms with E-state index in [1.54, 1.807) is 28.7 Å². The van der Waals surface area contributed by atoms with Crippen molar-refractivity contribution >= 4 is 11.8 Å². The smallest absolute Gasteiger partial charge is 0.348 e. The Morgan fingerprint density at radius 3 is 2.86 bits per heavy atom. The van der Waals surface area contributed by atoms with Crippen LogP contribution in [0.4, 0.5) is 0 Å². The molecule has 0 atom stereocenters. The summed E-state index contributed by atoms with van der Waals surface area (Å²) in [6, 6.07) is 3.94. The van der Waals surface area contributed by atoms with E-state index in [1.807, 2.05) is 12.1 Å². The molecule has 6 heteroatoms. The Hall–Kier alpha value is -1.66. The molecule has 0 aromatic carbocycles. The number of nitrogens with zero attached hydrogens (tertiary/aromatic N) is 3. The van der Waals surface area contributed by atoms with Crippen molar-refractivity contribution in [1.29, 1.82) is 0 Å². The summed E-state index contributed by atoms with van der Waals surface area (Å²) in [5.74, 6) is 0.783. The van der Waals surface area contributed by atoms with E-state index in [0.717, 1.165) is 35.7 Å². The first-order valence-corrected chi connectivity index (χ1v) is 8.03. The molecule has 0 spiro atoms. The Labute approximate surface area is 127 Å². The lowest BCUT2D eigenvalue weighted by atomic mass is 10.2. The minimum atomic E-state index is -0.248. The topological polar surface area (TPSA) is 68.0 Å². The standard InChI is InChI=1S/C15H17N3O2S/c19-9-8-18-13-3-1-2-12(13)14(17-15(18)20)21-10-11-4-6-16-7-5-11/h4-7,19H,1-3,8-10H2. The number of aliphatic hydroxyl groups excluding tert-OH is 1. The highest BCUT2D eigenvalue weighted by atomic mass is 32.2. The van der Waals surface area contributed by atoms with Crippen molar-refractivity contribution in [2.24, 2.45) is 0 Å². The highest BCUT2D eigenvalue weighted by molar-refractivity contribution is 7.98. The first kappa shape index (κ1) is 14.3. The van der Waals surface area contributed by atoms with Gasteiger partial charge in [-0.2, -0.15) is 4.98 Å². The van der Waals surface area contributed by atoms with Crippen LogP contribution in [0, 0.1) is 0 Å². The molecule has 5 nitrogen and oxygen atoms in total. The number of rotatable bonds is 5. The van der Waals surface area contributed by atoms with Crippen LogP contribution in [0.5, 0.6) is 0 Å². The van der Waals surface area contributed by atoms with E-state index in [1.165, 1.54) is 11.1 Å². The molecule has 1 aliphatic carbocycles. The Morgan fingerprint density at radius 1 is 1.29 bits per heavy atom. The monoisotopic (exact) mass is 303 g/mol. The van der Waals surface area contributed by atoms with E-state index in [9.17, 15) is 4.79 Å². The Morgan fingerprint density at radius 2 is 2.10 bits per heavy atom. The number of pyridine rings is 1. The Bertz CT molecular complexity index is 685. The van der Waals surface area contributed by atoms with Crippen molar-refractivity contribution in [3.63, 3.8) is 0 Å². The van der Waals surface area contributed by atoms with Crippen molar-refractivity contribution in [1.82, 2.24) is 14.5 Å². The van der Waals surface area contributed by atoms with Crippen LogP contribution in [0.25, 0.3) is 0 Å². The number of fused-ring (bicyclic) bond motifs is 1. The first-order chi connectivity index (χ1) is 10.3. The fourth-order valence-corrected chi connectivity index (χ4v) is 3.70. The summed E-state index contributed by atoms with van der Waals surface area (Å²) in [6.45, 7) is 0.307. The van der Waals surface area contributed by atoms with E-state index in [0.29, 0.717) is 6.54 Å². The molecule has 1 aliphatic rings. The minimum absolute atomic E-state index is 0.0302. The summed E-state index contributed by atoms with van der Waals surface area (Å²) in [6.07, 6.45) is 6.46. The summed E-state index contributed by atoms with van der Waals surface area (Å²) in [4.78, 5) is 20.3. The second kappa shape index (κ2) is 6.41. The largest absolute Gasteiger partial charge is 0.395 e. The van der Waals surface area contributed by atoms with Crippen LogP contribution in [0.15, 0.2) is 34.3 Å².